The molecule has 1 atom stereocenters. The molecule has 3 aromatic rings. The number of hydrogen-bond acceptors (Lipinski definition) is 5. The summed E-state index contributed by atoms with van der Waals surface area (Å²) in [4.78, 5) is 41.9. The highest BCUT2D eigenvalue weighted by Gasteiger charge is 2.44. The molecule has 1 unspecified atom stereocenters. The number of anilines is 1. The van der Waals surface area contributed by atoms with Crippen LogP contribution in [0.1, 0.15) is 12.0 Å². The van der Waals surface area contributed by atoms with Gasteiger partial charge in [-0.25, -0.2) is 4.90 Å². The normalized spacial score (nSPS) is 15.4. The average molecular weight is 444 g/mol. The largest absolute Gasteiger partial charge is 0.497 e. The molecule has 0 aliphatic carbocycles. The maximum absolute atomic E-state index is 13.3. The molecule has 1 saturated heterocycles. The minimum atomic E-state index is -0.910. The summed E-state index contributed by atoms with van der Waals surface area (Å²) in [7, 11) is 1.54. The lowest BCUT2D eigenvalue weighted by atomic mass is 10.1. The van der Waals surface area contributed by atoms with Gasteiger partial charge in [-0.05, 0) is 42.0 Å². The van der Waals surface area contributed by atoms with Crippen LogP contribution in [0.15, 0.2) is 84.9 Å². The lowest BCUT2D eigenvalue weighted by Gasteiger charge is -2.28. The molecule has 0 aromatic heterocycles. The second kappa shape index (κ2) is 9.99. The van der Waals surface area contributed by atoms with E-state index in [1.807, 2.05) is 48.5 Å². The zero-order valence-electron chi connectivity index (χ0n) is 18.2. The number of hydrogen-bond donors (Lipinski definition) is 0. The van der Waals surface area contributed by atoms with Crippen LogP contribution in [0, 0.1) is 0 Å². The Hall–Kier alpha value is -4.13. The first-order chi connectivity index (χ1) is 16.1. The standard InChI is InChI=1S/C26H24N2O5/c1-32-21-14-12-20(13-15-21)28-24(29)16-23(26(28)31)27(17-19-8-4-2-5-9-19)25(30)18-33-22-10-6-3-7-11-22/h2-15,23H,16-18H2,1H3. The molecule has 3 aromatic carbocycles. The molecule has 0 N–H and O–H groups in total. The Morgan fingerprint density at radius 3 is 2.18 bits per heavy atom. The predicted octanol–water partition coefficient (Wildman–Crippen LogP) is 3.43. The lowest BCUT2D eigenvalue weighted by molar-refractivity contribution is -0.140. The molecule has 1 heterocycles. The molecule has 0 bridgehead atoms. The lowest BCUT2D eigenvalue weighted by Crippen LogP contribution is -2.46. The Morgan fingerprint density at radius 2 is 1.55 bits per heavy atom. The van der Waals surface area contributed by atoms with Gasteiger partial charge in [0.15, 0.2) is 6.61 Å². The highest BCUT2D eigenvalue weighted by atomic mass is 16.5. The van der Waals surface area contributed by atoms with Gasteiger partial charge in [0.1, 0.15) is 17.5 Å². The fourth-order valence-electron chi connectivity index (χ4n) is 3.76. The number of benzene rings is 3. The minimum absolute atomic E-state index is 0.0885. The number of carbonyl (C=O) groups is 3. The summed E-state index contributed by atoms with van der Waals surface area (Å²) in [5.41, 5.74) is 1.30. The molecular formula is C26H24N2O5. The first kappa shape index (κ1) is 22.1. The Balaban J connectivity index is 1.56. The van der Waals surface area contributed by atoms with Crippen LogP contribution >= 0.6 is 0 Å². The first-order valence-electron chi connectivity index (χ1n) is 10.6. The van der Waals surface area contributed by atoms with Crippen molar-refractivity contribution in [2.75, 3.05) is 18.6 Å². The number of amides is 3. The molecule has 0 saturated carbocycles. The van der Waals surface area contributed by atoms with Crippen molar-refractivity contribution in [1.29, 1.82) is 0 Å². The number of carbonyl (C=O) groups excluding carboxylic acids is 3. The summed E-state index contributed by atoms with van der Waals surface area (Å²) in [6.45, 7) is -0.0463. The van der Waals surface area contributed by atoms with E-state index >= 15 is 0 Å². The number of para-hydroxylation sites is 1. The number of imide groups is 1. The van der Waals surface area contributed by atoms with Crippen LogP contribution in [-0.4, -0.2) is 42.4 Å². The van der Waals surface area contributed by atoms with Crippen LogP contribution in [0.2, 0.25) is 0 Å². The van der Waals surface area contributed by atoms with Crippen molar-refractivity contribution >= 4 is 23.4 Å². The van der Waals surface area contributed by atoms with Crippen molar-refractivity contribution in [2.24, 2.45) is 0 Å². The van der Waals surface area contributed by atoms with E-state index in [1.165, 1.54) is 4.90 Å². The topological polar surface area (TPSA) is 76.2 Å². The minimum Gasteiger partial charge on any atom is -0.497 e. The van der Waals surface area contributed by atoms with Gasteiger partial charge in [-0.1, -0.05) is 48.5 Å². The fourth-order valence-corrected chi connectivity index (χ4v) is 3.76. The maximum atomic E-state index is 13.3. The summed E-state index contributed by atoms with van der Waals surface area (Å²) < 4.78 is 10.8. The highest BCUT2D eigenvalue weighted by Crippen LogP contribution is 2.28. The number of ether oxygens (including phenoxy) is 2. The Morgan fingerprint density at radius 1 is 0.909 bits per heavy atom. The highest BCUT2D eigenvalue weighted by molar-refractivity contribution is 6.23. The summed E-state index contributed by atoms with van der Waals surface area (Å²) in [5, 5.41) is 0. The van der Waals surface area contributed by atoms with Crippen molar-refractivity contribution < 1.29 is 23.9 Å². The molecule has 33 heavy (non-hydrogen) atoms. The SMILES string of the molecule is COc1ccc(N2C(=O)CC(N(Cc3ccccc3)C(=O)COc3ccccc3)C2=O)cc1. The number of nitrogens with zero attached hydrogens (tertiary/aromatic N) is 2. The second-order valence-electron chi connectivity index (χ2n) is 7.59. The number of rotatable bonds is 8. The summed E-state index contributed by atoms with van der Waals surface area (Å²) >= 11 is 0. The molecule has 7 heteroatoms. The van der Waals surface area contributed by atoms with E-state index in [4.69, 9.17) is 9.47 Å². The van der Waals surface area contributed by atoms with Gasteiger partial charge in [0.05, 0.1) is 19.2 Å². The number of methoxy groups -OCH3 is 1. The average Bonchev–Trinajstić information content (AvgIpc) is 3.15. The van der Waals surface area contributed by atoms with Crippen LogP contribution in [-0.2, 0) is 20.9 Å². The Kier molecular flexibility index (Phi) is 6.69. The zero-order valence-corrected chi connectivity index (χ0v) is 18.2. The van der Waals surface area contributed by atoms with Gasteiger partial charge in [0.2, 0.25) is 5.91 Å². The Labute approximate surface area is 192 Å². The van der Waals surface area contributed by atoms with E-state index in [-0.39, 0.29) is 31.4 Å². The third-order valence-electron chi connectivity index (χ3n) is 5.45. The summed E-state index contributed by atoms with van der Waals surface area (Å²) in [6.07, 6.45) is -0.0885. The molecular weight excluding hydrogens is 420 g/mol. The molecule has 7 nitrogen and oxygen atoms in total. The molecule has 0 radical (unpaired) electrons. The van der Waals surface area contributed by atoms with Crippen molar-refractivity contribution in [3.8, 4) is 11.5 Å². The van der Waals surface area contributed by atoms with Crippen molar-refractivity contribution in [3.63, 3.8) is 0 Å². The maximum Gasteiger partial charge on any atom is 0.261 e. The van der Waals surface area contributed by atoms with Gasteiger partial charge in [-0.2, -0.15) is 0 Å². The molecule has 0 spiro atoms. The molecule has 1 aliphatic heterocycles. The van der Waals surface area contributed by atoms with Crippen LogP contribution in [0.3, 0.4) is 0 Å². The van der Waals surface area contributed by atoms with Crippen LogP contribution in [0.4, 0.5) is 5.69 Å². The molecule has 4 rings (SSSR count). The Bertz CT molecular complexity index is 1120. The zero-order chi connectivity index (χ0) is 23.2. The summed E-state index contributed by atoms with van der Waals surface area (Å²) in [5.74, 6) is 0.0112. The van der Waals surface area contributed by atoms with Crippen LogP contribution in [0.5, 0.6) is 11.5 Å². The van der Waals surface area contributed by atoms with E-state index in [0.29, 0.717) is 17.2 Å². The molecule has 168 valence electrons. The first-order valence-corrected chi connectivity index (χ1v) is 10.6. The van der Waals surface area contributed by atoms with Crippen LogP contribution in [0.25, 0.3) is 0 Å². The van der Waals surface area contributed by atoms with Gasteiger partial charge in [0, 0.05) is 6.54 Å². The van der Waals surface area contributed by atoms with Gasteiger partial charge in [-0.15, -0.1) is 0 Å². The predicted molar refractivity (Wildman–Crippen MR) is 123 cm³/mol. The van der Waals surface area contributed by atoms with E-state index in [9.17, 15) is 14.4 Å². The summed E-state index contributed by atoms with van der Waals surface area (Å²) in [6, 6.07) is 24.1. The smallest absolute Gasteiger partial charge is 0.261 e. The third kappa shape index (κ3) is 5.03. The van der Waals surface area contributed by atoms with Crippen LogP contribution < -0.4 is 14.4 Å². The van der Waals surface area contributed by atoms with Crippen molar-refractivity contribution in [1.82, 2.24) is 4.90 Å². The molecule has 1 aliphatic rings. The quantitative estimate of drug-likeness (QED) is 0.498. The van der Waals surface area contributed by atoms with Crippen molar-refractivity contribution in [2.45, 2.75) is 19.0 Å². The van der Waals surface area contributed by atoms with Gasteiger partial charge < -0.3 is 14.4 Å². The second-order valence-corrected chi connectivity index (χ2v) is 7.59. The van der Waals surface area contributed by atoms with E-state index < -0.39 is 11.9 Å². The molecule has 1 fully saturated rings. The van der Waals surface area contributed by atoms with Gasteiger partial charge in [-0.3, -0.25) is 14.4 Å². The van der Waals surface area contributed by atoms with Crippen molar-refractivity contribution in [3.05, 3.63) is 90.5 Å². The van der Waals surface area contributed by atoms with E-state index in [2.05, 4.69) is 0 Å². The monoisotopic (exact) mass is 444 g/mol. The molecule has 3 amide bonds. The van der Waals surface area contributed by atoms with E-state index in [0.717, 1.165) is 10.5 Å². The third-order valence-corrected chi connectivity index (χ3v) is 5.45. The van der Waals surface area contributed by atoms with Gasteiger partial charge >= 0.3 is 0 Å². The van der Waals surface area contributed by atoms with Gasteiger partial charge in [0.25, 0.3) is 11.8 Å². The fraction of sp³-hybridized carbons (Fsp3) is 0.192. The van der Waals surface area contributed by atoms with E-state index in [1.54, 1.807) is 43.5 Å².